The van der Waals surface area contributed by atoms with Crippen molar-refractivity contribution in [3.63, 3.8) is 0 Å². The molecule has 0 radical (unpaired) electrons. The smallest absolute Gasteiger partial charge is 0.271 e. The molecule has 0 unspecified atom stereocenters. The van der Waals surface area contributed by atoms with Crippen LogP contribution >= 0.6 is 23.2 Å². The average Bonchev–Trinajstić information content (AvgIpc) is 2.79. The number of anilines is 1. The van der Waals surface area contributed by atoms with Gasteiger partial charge in [0.2, 0.25) is 21.8 Å². The number of nitro benzene ring substituents is 1. The van der Waals surface area contributed by atoms with Gasteiger partial charge in [0, 0.05) is 35.3 Å². The third kappa shape index (κ3) is 8.07. The van der Waals surface area contributed by atoms with E-state index in [4.69, 9.17) is 23.2 Å². The van der Waals surface area contributed by atoms with Crippen molar-refractivity contribution in [2.75, 3.05) is 23.7 Å². The minimum Gasteiger partial charge on any atom is -0.354 e. The Balaban J connectivity index is 2.44. The van der Waals surface area contributed by atoms with Gasteiger partial charge in [-0.3, -0.25) is 24.0 Å². The van der Waals surface area contributed by atoms with Gasteiger partial charge in [-0.2, -0.15) is 0 Å². The number of hydrogen-bond acceptors (Lipinski definition) is 6. The number of amides is 2. The van der Waals surface area contributed by atoms with Crippen LogP contribution in [0.4, 0.5) is 11.4 Å². The molecule has 1 N–H and O–H groups in total. The number of rotatable bonds is 11. The van der Waals surface area contributed by atoms with Gasteiger partial charge >= 0.3 is 0 Å². The maximum absolute atomic E-state index is 13.5. The fourth-order valence-electron chi connectivity index (χ4n) is 3.24. The lowest BCUT2D eigenvalue weighted by Crippen LogP contribution is -2.51. The fraction of sp³-hybridized carbons (Fsp3) is 0.391. The minimum absolute atomic E-state index is 0.0542. The summed E-state index contributed by atoms with van der Waals surface area (Å²) in [7, 11) is -4.02. The van der Waals surface area contributed by atoms with Crippen molar-refractivity contribution >= 4 is 56.4 Å². The highest BCUT2D eigenvalue weighted by Crippen LogP contribution is 2.26. The molecular weight excluding hydrogens is 531 g/mol. The van der Waals surface area contributed by atoms with Crippen LogP contribution in [0.2, 0.25) is 10.0 Å². The number of nitrogens with zero attached hydrogens (tertiary/aromatic N) is 3. The van der Waals surface area contributed by atoms with Crippen molar-refractivity contribution in [2.45, 2.75) is 33.4 Å². The summed E-state index contributed by atoms with van der Waals surface area (Å²) >= 11 is 12.3. The van der Waals surface area contributed by atoms with Crippen molar-refractivity contribution in [3.05, 3.63) is 68.2 Å². The van der Waals surface area contributed by atoms with Crippen LogP contribution in [-0.2, 0) is 26.2 Å². The maximum atomic E-state index is 13.5. The van der Waals surface area contributed by atoms with Crippen LogP contribution in [-0.4, -0.2) is 55.4 Å². The highest BCUT2D eigenvalue weighted by atomic mass is 35.5. The molecule has 0 aromatic heterocycles. The molecule has 0 heterocycles. The zero-order valence-corrected chi connectivity index (χ0v) is 22.6. The number of sulfonamides is 1. The van der Waals surface area contributed by atoms with Gasteiger partial charge in [0.15, 0.2) is 0 Å². The van der Waals surface area contributed by atoms with E-state index < -0.39 is 39.3 Å². The highest BCUT2D eigenvalue weighted by Gasteiger charge is 2.31. The van der Waals surface area contributed by atoms with E-state index in [2.05, 4.69) is 5.32 Å². The number of nitro groups is 1. The van der Waals surface area contributed by atoms with E-state index in [1.807, 2.05) is 13.8 Å². The van der Waals surface area contributed by atoms with Gasteiger partial charge < -0.3 is 10.2 Å². The summed E-state index contributed by atoms with van der Waals surface area (Å²) in [4.78, 5) is 38.1. The van der Waals surface area contributed by atoms with E-state index in [-0.39, 0.29) is 28.9 Å². The molecule has 2 aromatic rings. The van der Waals surface area contributed by atoms with Crippen LogP contribution in [0.25, 0.3) is 0 Å². The molecule has 0 saturated carbocycles. The van der Waals surface area contributed by atoms with E-state index in [1.165, 1.54) is 36.1 Å². The van der Waals surface area contributed by atoms with Crippen LogP contribution in [0.5, 0.6) is 0 Å². The van der Waals surface area contributed by atoms with E-state index in [1.54, 1.807) is 12.1 Å². The van der Waals surface area contributed by atoms with E-state index in [9.17, 15) is 28.1 Å². The van der Waals surface area contributed by atoms with Crippen LogP contribution in [0.15, 0.2) is 42.5 Å². The first-order chi connectivity index (χ1) is 16.7. The first-order valence-corrected chi connectivity index (χ1v) is 13.5. The fourth-order valence-corrected chi connectivity index (χ4v) is 4.55. The Bertz CT molecular complexity index is 1240. The van der Waals surface area contributed by atoms with E-state index in [0.717, 1.165) is 16.6 Å². The molecule has 1 atom stereocenters. The summed E-state index contributed by atoms with van der Waals surface area (Å²) in [5, 5.41) is 14.6. The molecule has 0 aliphatic carbocycles. The normalized spacial score (nSPS) is 12.2. The molecule has 196 valence electrons. The predicted octanol–water partition coefficient (Wildman–Crippen LogP) is 3.86. The van der Waals surface area contributed by atoms with E-state index in [0.29, 0.717) is 17.1 Å². The summed E-state index contributed by atoms with van der Waals surface area (Å²) in [6.07, 6.45) is 0.887. The quantitative estimate of drug-likeness (QED) is 0.329. The van der Waals surface area contributed by atoms with Gasteiger partial charge in [-0.05, 0) is 36.6 Å². The molecule has 0 aliphatic rings. The molecule has 2 aromatic carbocycles. The molecule has 0 saturated heterocycles. The van der Waals surface area contributed by atoms with Crippen molar-refractivity contribution < 1.29 is 22.9 Å². The van der Waals surface area contributed by atoms with Crippen molar-refractivity contribution in [1.82, 2.24) is 10.2 Å². The monoisotopic (exact) mass is 558 g/mol. The lowest BCUT2D eigenvalue weighted by molar-refractivity contribution is -0.384. The van der Waals surface area contributed by atoms with Crippen molar-refractivity contribution in [1.29, 1.82) is 0 Å². The lowest BCUT2D eigenvalue weighted by atomic mass is 10.1. The van der Waals surface area contributed by atoms with Gasteiger partial charge in [-0.15, -0.1) is 0 Å². The third-order valence-electron chi connectivity index (χ3n) is 5.22. The Hall–Kier alpha value is -2.89. The van der Waals surface area contributed by atoms with Crippen LogP contribution in [0.3, 0.4) is 0 Å². The molecule has 13 heteroatoms. The number of non-ortho nitro benzene ring substituents is 1. The molecule has 2 amide bonds. The zero-order valence-electron chi connectivity index (χ0n) is 20.3. The van der Waals surface area contributed by atoms with E-state index >= 15 is 0 Å². The van der Waals surface area contributed by atoms with Crippen LogP contribution in [0.1, 0.15) is 26.3 Å². The van der Waals surface area contributed by atoms with Crippen molar-refractivity contribution in [3.8, 4) is 0 Å². The van der Waals surface area contributed by atoms with Gasteiger partial charge in [-0.25, -0.2) is 8.42 Å². The second-order valence-corrected chi connectivity index (χ2v) is 11.4. The molecule has 0 bridgehead atoms. The standard InChI is InChI=1S/C23H28Cl2N4O6S/c1-15(2)12-26-23(31)16(3)27(13-17-8-9-18(24)10-21(17)25)22(30)14-28(36(4,34)35)19-6-5-7-20(11-19)29(32)33/h5-11,15-16H,12-14H2,1-4H3,(H,26,31)/t16-/m1/s1. The van der Waals surface area contributed by atoms with Gasteiger partial charge in [-0.1, -0.05) is 49.2 Å². The third-order valence-corrected chi connectivity index (χ3v) is 6.94. The zero-order chi connectivity index (χ0) is 27.2. The number of nitrogens with one attached hydrogen (secondary N) is 1. The van der Waals surface area contributed by atoms with Crippen LogP contribution in [0, 0.1) is 16.0 Å². The number of benzene rings is 2. The Labute approximate surface area is 220 Å². The Morgan fingerprint density at radius 1 is 1.11 bits per heavy atom. The summed E-state index contributed by atoms with van der Waals surface area (Å²) < 4.78 is 25.9. The van der Waals surface area contributed by atoms with Crippen LogP contribution < -0.4 is 9.62 Å². The molecule has 10 nitrogen and oxygen atoms in total. The Kier molecular flexibility index (Phi) is 10.1. The Morgan fingerprint density at radius 2 is 1.78 bits per heavy atom. The maximum Gasteiger partial charge on any atom is 0.271 e. The highest BCUT2D eigenvalue weighted by molar-refractivity contribution is 7.92. The first kappa shape index (κ1) is 29.3. The lowest BCUT2D eigenvalue weighted by Gasteiger charge is -2.31. The molecule has 2 rings (SSSR count). The SMILES string of the molecule is CC(C)CNC(=O)[C@@H](C)N(Cc1ccc(Cl)cc1Cl)C(=O)CN(c1cccc([N+](=O)[O-])c1)S(C)(=O)=O. The number of carbonyl (C=O) groups is 2. The molecule has 0 fully saturated rings. The summed E-state index contributed by atoms with van der Waals surface area (Å²) in [5.74, 6) is -0.959. The Morgan fingerprint density at radius 3 is 2.33 bits per heavy atom. The average molecular weight is 559 g/mol. The second kappa shape index (κ2) is 12.4. The van der Waals surface area contributed by atoms with Gasteiger partial charge in [0.05, 0.1) is 16.9 Å². The largest absolute Gasteiger partial charge is 0.354 e. The van der Waals surface area contributed by atoms with Crippen molar-refractivity contribution in [2.24, 2.45) is 5.92 Å². The second-order valence-electron chi connectivity index (χ2n) is 8.62. The summed E-state index contributed by atoms with van der Waals surface area (Å²) in [6.45, 7) is 4.96. The number of halogens is 2. The van der Waals surface area contributed by atoms with Gasteiger partial charge in [0.1, 0.15) is 12.6 Å². The minimum atomic E-state index is -4.02. The number of carbonyl (C=O) groups excluding carboxylic acids is 2. The molecule has 0 spiro atoms. The number of hydrogen-bond donors (Lipinski definition) is 1. The first-order valence-electron chi connectivity index (χ1n) is 10.9. The molecule has 36 heavy (non-hydrogen) atoms. The molecule has 0 aliphatic heterocycles. The topological polar surface area (TPSA) is 130 Å². The molecular formula is C23H28Cl2N4O6S. The summed E-state index contributed by atoms with van der Waals surface area (Å²) in [6, 6.07) is 8.66. The van der Waals surface area contributed by atoms with Gasteiger partial charge in [0.25, 0.3) is 5.69 Å². The summed E-state index contributed by atoms with van der Waals surface area (Å²) in [5.41, 5.74) is 0.112. The predicted molar refractivity (Wildman–Crippen MR) is 140 cm³/mol.